The molecule has 4 rings (SSSR count). The fourth-order valence-corrected chi connectivity index (χ4v) is 3.48. The third-order valence-electron chi connectivity index (χ3n) is 4.87. The standard InChI is InChI=1S/C26H26N2O5/c1-4-30-22-15-17(16-23(31-5-2)24(22)32-6-3)25(29)27-19-12-8-7-11-18(19)26-28-20-13-9-10-14-21(20)33-26/h7-16H,4-6H2,1-3H3,(H,27,29). The lowest BCUT2D eigenvalue weighted by atomic mass is 10.1. The van der Waals surface area contributed by atoms with Crippen LogP contribution in [0.5, 0.6) is 17.2 Å². The van der Waals surface area contributed by atoms with Crippen molar-refractivity contribution >= 4 is 22.7 Å². The number of aromatic nitrogens is 1. The van der Waals surface area contributed by atoms with Gasteiger partial charge in [-0.1, -0.05) is 24.3 Å². The number of carbonyl (C=O) groups is 1. The number of amides is 1. The Bertz CT molecular complexity index is 1200. The molecule has 7 heteroatoms. The second kappa shape index (κ2) is 10.1. The summed E-state index contributed by atoms with van der Waals surface area (Å²) in [5.74, 6) is 1.53. The number of para-hydroxylation sites is 3. The molecule has 0 spiro atoms. The maximum atomic E-state index is 13.2. The second-order valence-corrected chi connectivity index (χ2v) is 7.09. The number of nitrogens with zero attached hydrogens (tertiary/aromatic N) is 1. The molecule has 0 saturated carbocycles. The van der Waals surface area contributed by atoms with E-state index in [2.05, 4.69) is 10.3 Å². The fraction of sp³-hybridized carbons (Fsp3) is 0.231. The minimum Gasteiger partial charge on any atom is -0.490 e. The smallest absolute Gasteiger partial charge is 0.255 e. The first-order valence-electron chi connectivity index (χ1n) is 11.0. The first-order valence-corrected chi connectivity index (χ1v) is 11.0. The Kier molecular flexibility index (Phi) is 6.78. The number of hydrogen-bond acceptors (Lipinski definition) is 6. The zero-order chi connectivity index (χ0) is 23.2. The Hall–Kier alpha value is -4.00. The highest BCUT2D eigenvalue weighted by Crippen LogP contribution is 2.39. The van der Waals surface area contributed by atoms with Crippen LogP contribution in [0.2, 0.25) is 0 Å². The quantitative estimate of drug-likeness (QED) is 0.342. The van der Waals surface area contributed by atoms with E-state index >= 15 is 0 Å². The van der Waals surface area contributed by atoms with E-state index in [1.54, 1.807) is 12.1 Å². The summed E-state index contributed by atoms with van der Waals surface area (Å²) in [7, 11) is 0. The SMILES string of the molecule is CCOc1cc(C(=O)Nc2ccccc2-c2nc3ccccc3o2)cc(OCC)c1OCC. The number of fused-ring (bicyclic) bond motifs is 1. The summed E-state index contributed by atoms with van der Waals surface area (Å²) in [5.41, 5.74) is 3.09. The number of anilines is 1. The van der Waals surface area contributed by atoms with Gasteiger partial charge in [-0.3, -0.25) is 4.79 Å². The first kappa shape index (κ1) is 22.2. The predicted octanol–water partition coefficient (Wildman–Crippen LogP) is 5.94. The summed E-state index contributed by atoms with van der Waals surface area (Å²) >= 11 is 0. The molecule has 7 nitrogen and oxygen atoms in total. The molecule has 1 amide bonds. The summed E-state index contributed by atoms with van der Waals surface area (Å²) in [6.45, 7) is 6.94. The van der Waals surface area contributed by atoms with Crippen molar-refractivity contribution in [1.29, 1.82) is 0 Å². The minimum atomic E-state index is -0.316. The topological polar surface area (TPSA) is 82.8 Å². The van der Waals surface area contributed by atoms with Crippen LogP contribution in [0.15, 0.2) is 65.1 Å². The van der Waals surface area contributed by atoms with Crippen LogP contribution in [-0.4, -0.2) is 30.7 Å². The van der Waals surface area contributed by atoms with Gasteiger partial charge in [-0.15, -0.1) is 0 Å². The molecule has 0 unspecified atom stereocenters. The van der Waals surface area contributed by atoms with Gasteiger partial charge in [-0.05, 0) is 57.2 Å². The fourth-order valence-electron chi connectivity index (χ4n) is 3.48. The monoisotopic (exact) mass is 446 g/mol. The van der Waals surface area contributed by atoms with Crippen LogP contribution in [0.3, 0.4) is 0 Å². The second-order valence-electron chi connectivity index (χ2n) is 7.09. The third kappa shape index (κ3) is 4.77. The molecule has 0 bridgehead atoms. The lowest BCUT2D eigenvalue weighted by molar-refractivity contribution is 0.102. The van der Waals surface area contributed by atoms with Crippen molar-refractivity contribution < 1.29 is 23.4 Å². The third-order valence-corrected chi connectivity index (χ3v) is 4.87. The van der Waals surface area contributed by atoms with E-state index in [0.29, 0.717) is 65.4 Å². The maximum Gasteiger partial charge on any atom is 0.255 e. The summed E-state index contributed by atoms with van der Waals surface area (Å²) in [5, 5.41) is 2.97. The van der Waals surface area contributed by atoms with Crippen molar-refractivity contribution in [2.24, 2.45) is 0 Å². The molecule has 33 heavy (non-hydrogen) atoms. The molecule has 0 fully saturated rings. The molecule has 170 valence electrons. The molecule has 0 aliphatic rings. The van der Waals surface area contributed by atoms with Crippen LogP contribution >= 0.6 is 0 Å². The van der Waals surface area contributed by atoms with Gasteiger partial charge in [-0.25, -0.2) is 4.98 Å². The molecule has 1 heterocycles. The van der Waals surface area contributed by atoms with Gasteiger partial charge < -0.3 is 23.9 Å². The van der Waals surface area contributed by atoms with Crippen molar-refractivity contribution in [2.45, 2.75) is 20.8 Å². The Morgan fingerprint density at radius 2 is 1.52 bits per heavy atom. The number of oxazole rings is 1. The Balaban J connectivity index is 1.69. The normalized spacial score (nSPS) is 10.8. The average Bonchev–Trinajstić information content (AvgIpc) is 3.26. The predicted molar refractivity (Wildman–Crippen MR) is 127 cm³/mol. The zero-order valence-electron chi connectivity index (χ0n) is 18.9. The molecule has 0 aliphatic heterocycles. The number of nitrogens with one attached hydrogen (secondary N) is 1. The van der Waals surface area contributed by atoms with Gasteiger partial charge in [0.15, 0.2) is 17.1 Å². The van der Waals surface area contributed by atoms with E-state index in [9.17, 15) is 4.79 Å². The summed E-state index contributed by atoms with van der Waals surface area (Å²) in [6.07, 6.45) is 0. The van der Waals surface area contributed by atoms with Crippen molar-refractivity contribution in [3.8, 4) is 28.7 Å². The number of carbonyl (C=O) groups excluding carboxylic acids is 1. The lowest BCUT2D eigenvalue weighted by Gasteiger charge is -2.17. The maximum absolute atomic E-state index is 13.2. The van der Waals surface area contributed by atoms with Gasteiger partial charge in [0.2, 0.25) is 11.6 Å². The van der Waals surface area contributed by atoms with E-state index in [1.807, 2.05) is 69.3 Å². The number of benzene rings is 3. The Labute approximate surface area is 192 Å². The van der Waals surface area contributed by atoms with E-state index < -0.39 is 0 Å². The number of ether oxygens (including phenoxy) is 3. The van der Waals surface area contributed by atoms with Crippen LogP contribution in [0.25, 0.3) is 22.6 Å². The zero-order valence-corrected chi connectivity index (χ0v) is 18.9. The van der Waals surface area contributed by atoms with Crippen molar-refractivity contribution in [3.63, 3.8) is 0 Å². The van der Waals surface area contributed by atoms with Crippen molar-refractivity contribution in [3.05, 3.63) is 66.2 Å². The van der Waals surface area contributed by atoms with Gasteiger partial charge in [0.05, 0.1) is 31.1 Å². The number of hydrogen-bond donors (Lipinski definition) is 1. The van der Waals surface area contributed by atoms with Crippen LogP contribution < -0.4 is 19.5 Å². The molecule has 0 saturated heterocycles. The molecule has 1 aromatic heterocycles. The molecular formula is C26H26N2O5. The highest BCUT2D eigenvalue weighted by Gasteiger charge is 2.20. The summed E-state index contributed by atoms with van der Waals surface area (Å²) < 4.78 is 23.1. The molecule has 3 aromatic carbocycles. The van der Waals surface area contributed by atoms with Crippen LogP contribution in [-0.2, 0) is 0 Å². The van der Waals surface area contributed by atoms with E-state index in [0.717, 1.165) is 5.52 Å². The average molecular weight is 447 g/mol. The Morgan fingerprint density at radius 3 is 2.18 bits per heavy atom. The number of rotatable bonds is 9. The van der Waals surface area contributed by atoms with Crippen molar-refractivity contribution in [1.82, 2.24) is 4.98 Å². The van der Waals surface area contributed by atoms with Gasteiger partial charge in [-0.2, -0.15) is 0 Å². The van der Waals surface area contributed by atoms with Crippen LogP contribution in [0.1, 0.15) is 31.1 Å². The largest absolute Gasteiger partial charge is 0.490 e. The van der Waals surface area contributed by atoms with E-state index in [-0.39, 0.29) is 5.91 Å². The van der Waals surface area contributed by atoms with Gasteiger partial charge in [0.25, 0.3) is 5.91 Å². The first-order chi connectivity index (χ1) is 16.1. The highest BCUT2D eigenvalue weighted by molar-refractivity contribution is 6.06. The van der Waals surface area contributed by atoms with Crippen LogP contribution in [0, 0.1) is 0 Å². The van der Waals surface area contributed by atoms with Gasteiger partial charge >= 0.3 is 0 Å². The molecule has 0 atom stereocenters. The van der Waals surface area contributed by atoms with E-state index in [4.69, 9.17) is 18.6 Å². The molecule has 1 N–H and O–H groups in total. The van der Waals surface area contributed by atoms with E-state index in [1.165, 1.54) is 0 Å². The summed E-state index contributed by atoms with van der Waals surface area (Å²) in [4.78, 5) is 17.8. The van der Waals surface area contributed by atoms with Gasteiger partial charge in [0.1, 0.15) is 5.52 Å². The molecule has 0 aliphatic carbocycles. The van der Waals surface area contributed by atoms with Gasteiger partial charge in [0, 0.05) is 5.56 Å². The summed E-state index contributed by atoms with van der Waals surface area (Å²) in [6, 6.07) is 18.2. The molecule has 0 radical (unpaired) electrons. The van der Waals surface area contributed by atoms with Crippen LogP contribution in [0.4, 0.5) is 5.69 Å². The molecule has 4 aromatic rings. The van der Waals surface area contributed by atoms with Crippen molar-refractivity contribution in [2.75, 3.05) is 25.1 Å². The highest BCUT2D eigenvalue weighted by atomic mass is 16.5. The minimum absolute atomic E-state index is 0.316. The Morgan fingerprint density at radius 1 is 0.879 bits per heavy atom. The lowest BCUT2D eigenvalue weighted by Crippen LogP contribution is -2.14. The molecular weight excluding hydrogens is 420 g/mol.